The minimum Gasteiger partial charge on any atom is -0.271 e. The Morgan fingerprint density at radius 2 is 1.92 bits per heavy atom. The van der Waals surface area contributed by atoms with Gasteiger partial charge >= 0.3 is 5.69 Å². The molecular formula is C14H15ClN4O4S2. The number of sulfonamides is 1. The highest BCUT2D eigenvalue weighted by Crippen LogP contribution is 2.31. The molecule has 25 heavy (non-hydrogen) atoms. The quantitative estimate of drug-likeness (QED) is 0.806. The summed E-state index contributed by atoms with van der Waals surface area (Å²) >= 11 is 7.95. The standard InChI is InChI=1S/C14H15ClN4O4S2/c1-9-6-10(19-14(21)17-12(20)8-16-19)7-11(15)13(9)25(22,23)18-2-4-24-5-3-18/h6-8H,2-5H2,1H3,(H,17,20,21). The molecule has 1 N–H and O–H groups in total. The normalized spacial score (nSPS) is 16.1. The summed E-state index contributed by atoms with van der Waals surface area (Å²) < 4.78 is 28.1. The van der Waals surface area contributed by atoms with Gasteiger partial charge in [-0.3, -0.25) is 9.78 Å². The van der Waals surface area contributed by atoms with Gasteiger partial charge in [0.15, 0.2) is 0 Å². The highest BCUT2D eigenvalue weighted by molar-refractivity contribution is 7.99. The third-order valence-electron chi connectivity index (χ3n) is 3.74. The van der Waals surface area contributed by atoms with Gasteiger partial charge in [0.25, 0.3) is 5.56 Å². The van der Waals surface area contributed by atoms with Crippen LogP contribution in [0.5, 0.6) is 0 Å². The van der Waals surface area contributed by atoms with Crippen LogP contribution in [-0.2, 0) is 10.0 Å². The van der Waals surface area contributed by atoms with Gasteiger partial charge in [0.1, 0.15) is 11.1 Å². The molecule has 3 rings (SSSR count). The van der Waals surface area contributed by atoms with E-state index >= 15 is 0 Å². The molecule has 0 atom stereocenters. The van der Waals surface area contributed by atoms with Crippen LogP contribution in [0.25, 0.3) is 5.69 Å². The molecule has 2 aromatic rings. The lowest BCUT2D eigenvalue weighted by Crippen LogP contribution is -2.38. The van der Waals surface area contributed by atoms with Crippen LogP contribution < -0.4 is 11.2 Å². The Bertz CT molecular complexity index is 1000. The number of thioether (sulfide) groups is 1. The second-order valence-electron chi connectivity index (χ2n) is 5.44. The molecule has 11 heteroatoms. The monoisotopic (exact) mass is 402 g/mol. The Kier molecular flexibility index (Phi) is 5.05. The zero-order valence-corrected chi connectivity index (χ0v) is 15.6. The third kappa shape index (κ3) is 3.52. The first kappa shape index (κ1) is 18.2. The molecule has 2 heterocycles. The van der Waals surface area contributed by atoms with Gasteiger partial charge in [-0.1, -0.05) is 11.6 Å². The van der Waals surface area contributed by atoms with Gasteiger partial charge in [-0.25, -0.2) is 13.2 Å². The molecule has 0 saturated carbocycles. The molecule has 0 bridgehead atoms. The smallest absolute Gasteiger partial charge is 0.271 e. The van der Waals surface area contributed by atoms with Crippen LogP contribution in [0, 0.1) is 6.92 Å². The van der Waals surface area contributed by atoms with Crippen molar-refractivity contribution in [2.24, 2.45) is 0 Å². The summed E-state index contributed by atoms with van der Waals surface area (Å²) in [7, 11) is -3.72. The van der Waals surface area contributed by atoms with Gasteiger partial charge in [0, 0.05) is 24.6 Å². The van der Waals surface area contributed by atoms with Crippen molar-refractivity contribution in [3.63, 3.8) is 0 Å². The molecule has 1 saturated heterocycles. The maximum Gasteiger partial charge on any atom is 0.349 e. The first-order valence-electron chi connectivity index (χ1n) is 7.38. The zero-order chi connectivity index (χ0) is 18.2. The molecule has 1 aromatic carbocycles. The van der Waals surface area contributed by atoms with Gasteiger partial charge in [-0.15, -0.1) is 0 Å². The number of benzene rings is 1. The van der Waals surface area contributed by atoms with Crippen molar-refractivity contribution in [2.45, 2.75) is 11.8 Å². The van der Waals surface area contributed by atoms with E-state index in [-0.39, 0.29) is 15.6 Å². The Morgan fingerprint density at radius 1 is 1.24 bits per heavy atom. The summed E-state index contributed by atoms with van der Waals surface area (Å²) in [5.74, 6) is 1.48. The summed E-state index contributed by atoms with van der Waals surface area (Å²) in [5, 5.41) is 3.76. The van der Waals surface area contributed by atoms with Crippen molar-refractivity contribution >= 4 is 33.4 Å². The number of rotatable bonds is 3. The fourth-order valence-corrected chi connectivity index (χ4v) is 6.00. The highest BCUT2D eigenvalue weighted by atomic mass is 35.5. The number of aryl methyl sites for hydroxylation is 1. The molecule has 0 amide bonds. The zero-order valence-electron chi connectivity index (χ0n) is 13.2. The predicted molar refractivity (Wildman–Crippen MR) is 96.3 cm³/mol. The number of nitrogens with zero attached hydrogens (tertiary/aromatic N) is 3. The van der Waals surface area contributed by atoms with Crippen LogP contribution in [0.3, 0.4) is 0 Å². The van der Waals surface area contributed by atoms with Crippen molar-refractivity contribution < 1.29 is 8.42 Å². The minimum atomic E-state index is -3.72. The molecule has 1 aliphatic rings. The lowest BCUT2D eigenvalue weighted by Gasteiger charge is -2.26. The summed E-state index contributed by atoms with van der Waals surface area (Å²) in [4.78, 5) is 25.1. The molecule has 0 unspecified atom stereocenters. The third-order valence-corrected chi connectivity index (χ3v) is 7.19. The summed E-state index contributed by atoms with van der Waals surface area (Å²) in [6, 6.07) is 2.86. The minimum absolute atomic E-state index is 0.00752. The SMILES string of the molecule is Cc1cc(-n2ncc(=O)[nH]c2=O)cc(Cl)c1S(=O)(=O)N1CCSCC1. The number of hydrogen-bond donors (Lipinski definition) is 1. The van der Waals surface area contributed by atoms with Crippen LogP contribution in [0.1, 0.15) is 5.56 Å². The molecule has 1 aromatic heterocycles. The van der Waals surface area contributed by atoms with E-state index < -0.39 is 21.3 Å². The second kappa shape index (κ2) is 6.94. The van der Waals surface area contributed by atoms with Gasteiger partial charge in [-0.2, -0.15) is 25.8 Å². The number of halogens is 1. The van der Waals surface area contributed by atoms with E-state index in [4.69, 9.17) is 11.6 Å². The predicted octanol–water partition coefficient (Wildman–Crippen LogP) is 0.620. The van der Waals surface area contributed by atoms with Crippen molar-refractivity contribution in [3.05, 3.63) is 49.8 Å². The molecule has 0 radical (unpaired) electrons. The van der Waals surface area contributed by atoms with Gasteiger partial charge in [-0.05, 0) is 24.6 Å². The summed E-state index contributed by atoms with van der Waals surface area (Å²) in [6.07, 6.45) is 0.959. The largest absolute Gasteiger partial charge is 0.349 e. The molecule has 1 aliphatic heterocycles. The van der Waals surface area contributed by atoms with Crippen molar-refractivity contribution in [1.82, 2.24) is 19.1 Å². The summed E-state index contributed by atoms with van der Waals surface area (Å²) in [5.41, 5.74) is -0.671. The van der Waals surface area contributed by atoms with Gasteiger partial charge in [0.05, 0.1) is 10.7 Å². The molecule has 1 fully saturated rings. The lowest BCUT2D eigenvalue weighted by atomic mass is 10.2. The summed E-state index contributed by atoms with van der Waals surface area (Å²) in [6.45, 7) is 2.48. The van der Waals surface area contributed by atoms with E-state index in [1.165, 1.54) is 16.4 Å². The fraction of sp³-hybridized carbons (Fsp3) is 0.357. The molecular weight excluding hydrogens is 388 g/mol. The van der Waals surface area contributed by atoms with Gasteiger partial charge in [0.2, 0.25) is 10.0 Å². The molecule has 0 aliphatic carbocycles. The van der Waals surface area contributed by atoms with E-state index in [1.54, 1.807) is 18.7 Å². The van der Waals surface area contributed by atoms with E-state index in [0.29, 0.717) is 18.7 Å². The molecule has 0 spiro atoms. The Hall–Kier alpha value is -1.62. The highest BCUT2D eigenvalue weighted by Gasteiger charge is 2.30. The van der Waals surface area contributed by atoms with E-state index in [0.717, 1.165) is 22.4 Å². The van der Waals surface area contributed by atoms with Crippen LogP contribution >= 0.6 is 23.4 Å². The van der Waals surface area contributed by atoms with Crippen LogP contribution in [0.15, 0.2) is 32.8 Å². The first-order chi connectivity index (χ1) is 11.8. The Balaban J connectivity index is 2.09. The average Bonchev–Trinajstić information content (AvgIpc) is 2.54. The lowest BCUT2D eigenvalue weighted by molar-refractivity contribution is 0.443. The van der Waals surface area contributed by atoms with Gasteiger partial charge < -0.3 is 0 Å². The number of hydrogen-bond acceptors (Lipinski definition) is 6. The number of aromatic amines is 1. The van der Waals surface area contributed by atoms with Crippen molar-refractivity contribution in [1.29, 1.82) is 0 Å². The Morgan fingerprint density at radius 3 is 2.52 bits per heavy atom. The Labute approximate surface area is 152 Å². The van der Waals surface area contributed by atoms with Crippen molar-refractivity contribution in [2.75, 3.05) is 24.6 Å². The van der Waals surface area contributed by atoms with E-state index in [2.05, 4.69) is 10.1 Å². The number of H-pyrrole nitrogens is 1. The average molecular weight is 403 g/mol. The number of nitrogens with one attached hydrogen (secondary N) is 1. The second-order valence-corrected chi connectivity index (χ2v) is 8.95. The van der Waals surface area contributed by atoms with E-state index in [9.17, 15) is 18.0 Å². The topological polar surface area (TPSA) is 105 Å². The number of aromatic nitrogens is 3. The maximum atomic E-state index is 12.9. The molecule has 134 valence electrons. The maximum absolute atomic E-state index is 12.9. The van der Waals surface area contributed by atoms with Crippen LogP contribution in [0.4, 0.5) is 0 Å². The van der Waals surface area contributed by atoms with E-state index in [1.807, 2.05) is 0 Å². The van der Waals surface area contributed by atoms with Crippen LogP contribution in [-0.4, -0.2) is 52.1 Å². The fourth-order valence-electron chi connectivity index (χ4n) is 2.61. The molecule has 8 nitrogen and oxygen atoms in total. The van der Waals surface area contributed by atoms with Crippen LogP contribution in [0.2, 0.25) is 5.02 Å². The van der Waals surface area contributed by atoms with Crippen molar-refractivity contribution in [3.8, 4) is 5.69 Å². The first-order valence-corrected chi connectivity index (χ1v) is 10.3.